The molecule has 1 saturated heterocycles. The van der Waals surface area contributed by atoms with Gasteiger partial charge in [0.25, 0.3) is 0 Å². The van der Waals surface area contributed by atoms with Gasteiger partial charge in [0.1, 0.15) is 11.5 Å². The van der Waals surface area contributed by atoms with Crippen LogP contribution in [0.15, 0.2) is 16.5 Å². The van der Waals surface area contributed by atoms with Crippen LogP contribution < -0.4 is 0 Å². The molecule has 1 aliphatic heterocycles. The van der Waals surface area contributed by atoms with E-state index < -0.39 is 0 Å². The van der Waals surface area contributed by atoms with Gasteiger partial charge >= 0.3 is 0 Å². The Balaban J connectivity index is 1.67. The summed E-state index contributed by atoms with van der Waals surface area (Å²) in [4.78, 5) is 16.7. The monoisotopic (exact) mass is 344 g/mol. The number of carbonyl (C=O) groups is 1. The van der Waals surface area contributed by atoms with Crippen molar-refractivity contribution >= 4 is 5.91 Å². The van der Waals surface area contributed by atoms with Gasteiger partial charge in [0.2, 0.25) is 5.91 Å². The van der Waals surface area contributed by atoms with Crippen LogP contribution in [0.2, 0.25) is 0 Å². The Hall–Kier alpha value is -2.08. The molecule has 0 aromatic carbocycles. The molecule has 1 amide bonds. The number of likely N-dealkylation sites (tertiary alicyclic amines) is 1. The first-order valence-corrected chi connectivity index (χ1v) is 8.90. The molecule has 0 bridgehead atoms. The van der Waals surface area contributed by atoms with Crippen molar-refractivity contribution in [2.45, 2.75) is 46.2 Å². The number of likely N-dealkylation sites (N-methyl/N-ethyl adjacent to an activating group) is 1. The van der Waals surface area contributed by atoms with E-state index in [9.17, 15) is 4.79 Å². The van der Waals surface area contributed by atoms with Crippen LogP contribution in [0.25, 0.3) is 0 Å². The van der Waals surface area contributed by atoms with Crippen molar-refractivity contribution in [1.29, 1.82) is 0 Å². The third-order valence-corrected chi connectivity index (χ3v) is 5.22. The molecule has 3 heterocycles. The topological polar surface area (TPSA) is 54.5 Å². The summed E-state index contributed by atoms with van der Waals surface area (Å²) in [5.74, 6) is 1.82. The number of amides is 1. The molecule has 6 nitrogen and oxygen atoms in total. The summed E-state index contributed by atoms with van der Waals surface area (Å²) < 4.78 is 7.52. The highest BCUT2D eigenvalue weighted by Gasteiger charge is 2.32. The van der Waals surface area contributed by atoms with Gasteiger partial charge in [-0.1, -0.05) is 0 Å². The Bertz CT molecular complexity index is 762. The molecule has 0 radical (unpaired) electrons. The lowest BCUT2D eigenvalue weighted by molar-refractivity contribution is -0.132. The van der Waals surface area contributed by atoms with Crippen LogP contribution in [-0.2, 0) is 18.4 Å². The van der Waals surface area contributed by atoms with Crippen LogP contribution >= 0.6 is 0 Å². The number of hydrogen-bond acceptors (Lipinski definition) is 4. The van der Waals surface area contributed by atoms with Crippen LogP contribution in [0.5, 0.6) is 0 Å². The highest BCUT2D eigenvalue weighted by Crippen LogP contribution is 2.35. The summed E-state index contributed by atoms with van der Waals surface area (Å²) >= 11 is 0. The Labute approximate surface area is 149 Å². The first-order valence-electron chi connectivity index (χ1n) is 8.90. The number of hydrogen-bond donors (Lipinski definition) is 0. The molecule has 136 valence electrons. The highest BCUT2D eigenvalue weighted by atomic mass is 16.3. The van der Waals surface area contributed by atoms with Crippen LogP contribution in [0.3, 0.4) is 0 Å². The van der Waals surface area contributed by atoms with Crippen molar-refractivity contribution < 1.29 is 9.21 Å². The second kappa shape index (κ2) is 7.04. The molecule has 1 fully saturated rings. The number of furan rings is 1. The largest absolute Gasteiger partial charge is 0.464 e. The van der Waals surface area contributed by atoms with Gasteiger partial charge in [-0.25, -0.2) is 0 Å². The van der Waals surface area contributed by atoms with Gasteiger partial charge in [0, 0.05) is 31.4 Å². The minimum atomic E-state index is 0.125. The maximum atomic E-state index is 12.7. The lowest BCUT2D eigenvalue weighted by Crippen LogP contribution is -2.38. The molecular formula is C19H28N4O2. The van der Waals surface area contributed by atoms with Gasteiger partial charge in [0.15, 0.2) is 0 Å². The molecule has 0 aliphatic carbocycles. The van der Waals surface area contributed by atoms with Crippen LogP contribution in [0.4, 0.5) is 0 Å². The van der Waals surface area contributed by atoms with E-state index in [1.165, 1.54) is 11.3 Å². The summed E-state index contributed by atoms with van der Waals surface area (Å²) in [6, 6.07) is 4.15. The number of nitrogens with zero attached hydrogens (tertiary/aromatic N) is 4. The third kappa shape index (κ3) is 3.63. The van der Waals surface area contributed by atoms with Crippen molar-refractivity contribution in [2.75, 3.05) is 20.1 Å². The molecule has 0 spiro atoms. The molecule has 0 saturated carbocycles. The molecule has 0 N–H and O–H groups in total. The maximum Gasteiger partial charge on any atom is 0.236 e. The first-order chi connectivity index (χ1) is 11.9. The van der Waals surface area contributed by atoms with E-state index in [4.69, 9.17) is 4.42 Å². The molecular weight excluding hydrogens is 316 g/mol. The lowest BCUT2D eigenvalue weighted by atomic mass is 10.0. The molecule has 1 aliphatic rings. The predicted octanol–water partition coefficient (Wildman–Crippen LogP) is 2.73. The van der Waals surface area contributed by atoms with Crippen molar-refractivity contribution in [2.24, 2.45) is 7.05 Å². The molecule has 2 aromatic rings. The smallest absolute Gasteiger partial charge is 0.236 e. The van der Waals surface area contributed by atoms with Gasteiger partial charge in [-0.3, -0.25) is 14.4 Å². The fraction of sp³-hybridized carbons (Fsp3) is 0.579. The molecule has 3 rings (SSSR count). The summed E-state index contributed by atoms with van der Waals surface area (Å²) in [6.45, 7) is 7.99. The molecule has 2 aromatic heterocycles. The van der Waals surface area contributed by atoms with Crippen molar-refractivity contribution in [3.05, 3.63) is 40.6 Å². The van der Waals surface area contributed by atoms with Crippen LogP contribution in [-0.4, -0.2) is 45.6 Å². The van der Waals surface area contributed by atoms with Crippen molar-refractivity contribution in [3.8, 4) is 0 Å². The average molecular weight is 344 g/mol. The number of aryl methyl sites for hydroxylation is 3. The van der Waals surface area contributed by atoms with Crippen molar-refractivity contribution in [3.63, 3.8) is 0 Å². The van der Waals surface area contributed by atoms with Gasteiger partial charge in [-0.15, -0.1) is 0 Å². The van der Waals surface area contributed by atoms with E-state index in [-0.39, 0.29) is 11.9 Å². The third-order valence-electron chi connectivity index (χ3n) is 5.22. The predicted molar refractivity (Wildman–Crippen MR) is 96.1 cm³/mol. The second-order valence-electron chi connectivity index (χ2n) is 7.10. The van der Waals surface area contributed by atoms with E-state index in [2.05, 4.69) is 23.8 Å². The summed E-state index contributed by atoms with van der Waals surface area (Å²) in [5.41, 5.74) is 3.56. The zero-order valence-electron chi connectivity index (χ0n) is 15.9. The van der Waals surface area contributed by atoms with Crippen LogP contribution in [0, 0.1) is 20.8 Å². The van der Waals surface area contributed by atoms with E-state index in [0.29, 0.717) is 13.1 Å². The zero-order valence-corrected chi connectivity index (χ0v) is 15.9. The van der Waals surface area contributed by atoms with E-state index >= 15 is 0 Å². The van der Waals surface area contributed by atoms with Gasteiger partial charge in [0.05, 0.1) is 18.8 Å². The fourth-order valence-corrected chi connectivity index (χ4v) is 3.80. The van der Waals surface area contributed by atoms with Gasteiger partial charge in [-0.2, -0.15) is 5.10 Å². The minimum Gasteiger partial charge on any atom is -0.464 e. The first kappa shape index (κ1) is 17.7. The number of rotatable bonds is 5. The molecule has 1 atom stereocenters. The average Bonchev–Trinajstić information content (AvgIpc) is 3.22. The summed E-state index contributed by atoms with van der Waals surface area (Å²) in [6.07, 6.45) is 2.20. The normalized spacial score (nSPS) is 18.0. The van der Waals surface area contributed by atoms with E-state index in [1.54, 1.807) is 4.90 Å². The summed E-state index contributed by atoms with van der Waals surface area (Å²) in [7, 11) is 3.82. The Morgan fingerprint density at radius 3 is 2.72 bits per heavy atom. The molecule has 6 heteroatoms. The quantitative estimate of drug-likeness (QED) is 0.837. The van der Waals surface area contributed by atoms with Gasteiger partial charge in [-0.05, 0) is 52.3 Å². The second-order valence-corrected chi connectivity index (χ2v) is 7.10. The molecule has 25 heavy (non-hydrogen) atoms. The number of carbonyl (C=O) groups excluding carboxylic acids is 1. The fourth-order valence-electron chi connectivity index (χ4n) is 3.80. The van der Waals surface area contributed by atoms with Crippen LogP contribution in [0.1, 0.15) is 47.4 Å². The van der Waals surface area contributed by atoms with E-state index in [1.807, 2.05) is 37.8 Å². The highest BCUT2D eigenvalue weighted by molar-refractivity contribution is 5.78. The minimum absolute atomic E-state index is 0.125. The van der Waals surface area contributed by atoms with E-state index in [0.717, 1.165) is 36.6 Å². The standard InChI is InChI=1S/C19H28N4O2/c1-13-8-9-16(25-13)11-21(4)18(24)12-23-10-6-7-17(23)19-14(2)20-22(5)15(19)3/h8-9,17H,6-7,10-12H2,1-5H3. The maximum absolute atomic E-state index is 12.7. The Morgan fingerprint density at radius 1 is 1.36 bits per heavy atom. The van der Waals surface area contributed by atoms with Crippen molar-refractivity contribution in [1.82, 2.24) is 19.6 Å². The zero-order chi connectivity index (χ0) is 18.1. The Kier molecular flexibility index (Phi) is 4.99. The molecule has 1 unspecified atom stereocenters. The Morgan fingerprint density at radius 2 is 2.12 bits per heavy atom. The lowest BCUT2D eigenvalue weighted by Gasteiger charge is -2.26. The summed E-state index contributed by atoms with van der Waals surface area (Å²) in [5, 5.41) is 4.54. The SMILES string of the molecule is Cc1ccc(CN(C)C(=O)CN2CCCC2c2c(C)nn(C)c2C)o1. The van der Waals surface area contributed by atoms with Gasteiger partial charge < -0.3 is 9.32 Å². The number of aromatic nitrogens is 2.